The molecule has 0 unspecified atom stereocenters. The van der Waals surface area contributed by atoms with Gasteiger partial charge >= 0.3 is 12.1 Å². The Balaban J connectivity index is 0.00000118. The van der Waals surface area contributed by atoms with E-state index in [0.717, 1.165) is 34.3 Å². The van der Waals surface area contributed by atoms with Crippen molar-refractivity contribution in [1.29, 1.82) is 0 Å². The van der Waals surface area contributed by atoms with Gasteiger partial charge in [-0.2, -0.15) is 13.2 Å². The van der Waals surface area contributed by atoms with Gasteiger partial charge in [0.05, 0.1) is 23.4 Å². The van der Waals surface area contributed by atoms with Crippen molar-refractivity contribution < 1.29 is 80.1 Å². The van der Waals surface area contributed by atoms with E-state index >= 15 is 0 Å². The summed E-state index contributed by atoms with van der Waals surface area (Å²) in [5, 5.41) is 53.7. The minimum Gasteiger partial charge on any atom is -0.492 e. The number of aliphatic hydroxyl groups excluding tert-OH is 4. The highest BCUT2D eigenvalue weighted by Crippen LogP contribution is 2.48. The number of H-pyrrole nitrogens is 1. The van der Waals surface area contributed by atoms with Crippen LogP contribution in [0.15, 0.2) is 113 Å². The van der Waals surface area contributed by atoms with Crippen molar-refractivity contribution in [2.45, 2.75) is 73.0 Å². The Hall–Kier alpha value is -7.33. The van der Waals surface area contributed by atoms with Gasteiger partial charge in [0.25, 0.3) is 5.91 Å². The molecule has 438 valence electrons. The van der Waals surface area contributed by atoms with Gasteiger partial charge in [0.1, 0.15) is 48.2 Å². The molecule has 8 N–H and O–H groups in total. The Morgan fingerprint density at radius 2 is 1.61 bits per heavy atom. The van der Waals surface area contributed by atoms with E-state index in [0.29, 0.717) is 57.3 Å². The first-order valence-electron chi connectivity index (χ1n) is 25.7. The molecule has 2 aliphatic heterocycles. The molecular weight excluding hydrogens is 1120 g/mol. The van der Waals surface area contributed by atoms with Crippen LogP contribution in [0.25, 0.3) is 44.5 Å². The number of oxazole rings is 1. The molecule has 9 rings (SSSR count). The number of anilines is 2. The van der Waals surface area contributed by atoms with Gasteiger partial charge in [-0.3, -0.25) is 9.59 Å². The summed E-state index contributed by atoms with van der Waals surface area (Å²) >= 11 is 6.91. The molecule has 0 saturated carbocycles. The molecule has 4 heterocycles. The predicted molar refractivity (Wildman–Crippen MR) is 297 cm³/mol. The van der Waals surface area contributed by atoms with E-state index in [2.05, 4.69) is 20.0 Å². The minimum atomic E-state index is -5.08. The second kappa shape index (κ2) is 25.4. The van der Waals surface area contributed by atoms with E-state index in [1.165, 1.54) is 12.1 Å². The summed E-state index contributed by atoms with van der Waals surface area (Å²) in [7, 11) is 3.84. The van der Waals surface area contributed by atoms with E-state index < -0.39 is 70.8 Å². The van der Waals surface area contributed by atoms with Gasteiger partial charge in [-0.15, -0.1) is 11.6 Å². The van der Waals surface area contributed by atoms with Crippen LogP contribution in [-0.2, 0) is 30.9 Å². The third-order valence-corrected chi connectivity index (χ3v) is 15.5. The molecule has 82 heavy (non-hydrogen) atoms. The number of amides is 2. The van der Waals surface area contributed by atoms with Crippen molar-refractivity contribution in [3.8, 4) is 34.3 Å². The lowest BCUT2D eigenvalue weighted by Gasteiger charge is -2.39. The zero-order valence-electron chi connectivity index (χ0n) is 44.9. The Kier molecular flexibility index (Phi) is 18.8. The van der Waals surface area contributed by atoms with Crippen LogP contribution in [-0.4, -0.2) is 170 Å². The molecule has 2 amide bonds. The smallest absolute Gasteiger partial charge is 0.490 e. The lowest BCUT2D eigenvalue weighted by molar-refractivity contribution is -0.277. The van der Waals surface area contributed by atoms with Crippen LogP contribution in [0.1, 0.15) is 40.9 Å². The van der Waals surface area contributed by atoms with Crippen LogP contribution < -0.4 is 29.3 Å². The molecule has 7 aromatic rings. The number of alkyl halides is 4. The number of nitrogens with one attached hydrogen (secondary N) is 3. The molecule has 0 spiro atoms. The number of fused-ring (bicyclic) bond motifs is 4. The standard InChI is InChI=1S/C54H60ClN7O12S.C2HF3O2/c1-30(55)40-28-62(53(68)42-24-34-23-36(13-17-41(34)59-42)71-21-20-60(2)3)43-25-44(73-54-51(67)50(66)49(65)46(29-63)74-54)39-22-31(6-16-38(39)48(40)43)26-56-47(64)18-19-58-75(69,70)37-14-9-33(10-15-37)52-57-27-45(72-52)32-7-11-35(12-8-32)61(4)5;3-2(4,5)1(6)7/h6-17,22-25,27,30,40,46,49-51,54,58-59,63,65-67H,18-21,26,28-29H2,1-5H3,(H,56,64);(H,6,7)/t30-,40+,46-,49+,50+,51-,54-;/m1./s1. The predicted octanol–water partition coefficient (Wildman–Crippen LogP) is 5.82. The normalized spacial score (nSPS) is 19.4. The summed E-state index contributed by atoms with van der Waals surface area (Å²) in [4.78, 5) is 49.9. The van der Waals surface area contributed by atoms with E-state index in [1.807, 2.05) is 93.4 Å². The van der Waals surface area contributed by atoms with Crippen LogP contribution >= 0.6 is 11.6 Å². The number of carbonyl (C=O) groups excluding carboxylic acids is 2. The average molecular weight is 1180 g/mol. The quantitative estimate of drug-likeness (QED) is 0.0443. The van der Waals surface area contributed by atoms with Crippen LogP contribution in [0.3, 0.4) is 0 Å². The van der Waals surface area contributed by atoms with Gasteiger partial charge in [0, 0.05) is 97.2 Å². The number of nitrogens with zero attached hydrogens (tertiary/aromatic N) is 4. The van der Waals surface area contributed by atoms with Gasteiger partial charge in [0.15, 0.2) is 5.76 Å². The molecule has 2 aromatic heterocycles. The third kappa shape index (κ3) is 13.9. The van der Waals surface area contributed by atoms with Crippen molar-refractivity contribution in [3.05, 3.63) is 120 Å². The topological polar surface area (TPSA) is 290 Å². The van der Waals surface area contributed by atoms with Crippen molar-refractivity contribution in [2.75, 3.05) is 70.8 Å². The van der Waals surface area contributed by atoms with Gasteiger partial charge in [0.2, 0.25) is 28.1 Å². The number of carbonyl (C=O) groups is 3. The molecule has 0 aliphatic carbocycles. The molecule has 1 saturated heterocycles. The van der Waals surface area contributed by atoms with Crippen molar-refractivity contribution in [2.24, 2.45) is 0 Å². The Labute approximate surface area is 473 Å². The number of ether oxygens (including phenoxy) is 3. The molecule has 7 atom stereocenters. The van der Waals surface area contributed by atoms with Gasteiger partial charge in [-0.1, -0.05) is 12.1 Å². The Bertz CT molecular complexity index is 3530. The number of halogens is 4. The van der Waals surface area contributed by atoms with Crippen LogP contribution in [0.5, 0.6) is 11.5 Å². The maximum atomic E-state index is 14.6. The Morgan fingerprint density at radius 3 is 2.26 bits per heavy atom. The van der Waals surface area contributed by atoms with Crippen LogP contribution in [0, 0.1) is 0 Å². The summed E-state index contributed by atoms with van der Waals surface area (Å²) in [5.41, 5.74) is 5.35. The highest BCUT2D eigenvalue weighted by atomic mass is 35.5. The summed E-state index contributed by atoms with van der Waals surface area (Å²) in [6, 6.07) is 28.2. The lowest BCUT2D eigenvalue weighted by atomic mass is 9.91. The number of hydrogen-bond donors (Lipinski definition) is 8. The summed E-state index contributed by atoms with van der Waals surface area (Å²) in [6.45, 7) is 2.41. The van der Waals surface area contributed by atoms with E-state index in [9.17, 15) is 51.6 Å². The number of benzene rings is 5. The minimum absolute atomic E-state index is 0.00557. The van der Waals surface area contributed by atoms with Crippen molar-refractivity contribution in [1.82, 2.24) is 24.9 Å². The zero-order valence-corrected chi connectivity index (χ0v) is 46.5. The monoisotopic (exact) mass is 1180 g/mol. The molecule has 5 aromatic carbocycles. The molecule has 26 heteroatoms. The van der Waals surface area contributed by atoms with Crippen LogP contribution in [0.2, 0.25) is 0 Å². The summed E-state index contributed by atoms with van der Waals surface area (Å²) in [5.74, 6) is -2.22. The number of aliphatic hydroxyl groups is 4. The molecule has 1 fully saturated rings. The van der Waals surface area contributed by atoms with Gasteiger partial charge in [-0.25, -0.2) is 22.9 Å². The number of hydrogen-bond acceptors (Lipinski definition) is 16. The van der Waals surface area contributed by atoms with E-state index in [4.69, 9.17) is 40.1 Å². The second-order valence-electron chi connectivity index (χ2n) is 20.0. The van der Waals surface area contributed by atoms with Gasteiger partial charge in [-0.05, 0) is 116 Å². The summed E-state index contributed by atoms with van der Waals surface area (Å²) in [6.07, 6.45) is -11.6. The fourth-order valence-corrected chi connectivity index (χ4v) is 10.5. The Morgan fingerprint density at radius 1 is 0.915 bits per heavy atom. The van der Waals surface area contributed by atoms with E-state index in [-0.39, 0.29) is 48.5 Å². The first kappa shape index (κ1) is 60.8. The number of carboxylic acids is 1. The SMILES string of the molecule is C[C@@H](Cl)[C@@H]1CN(C(=O)c2cc3cc(OCCN(C)C)ccc3[nH]2)c2cc(O[C@@H]3O[C@H](CO)[C@H](O)[C@H](O)[C@H]3O)c3cc(CNC(=O)CCNS(=O)(=O)c4ccc(-c5ncc(-c6ccc(N(C)C)cc6)o5)cc4)ccc3c21.O=C(O)C(F)(F)F. The lowest BCUT2D eigenvalue weighted by Crippen LogP contribution is -2.60. The number of rotatable bonds is 19. The maximum Gasteiger partial charge on any atom is 0.490 e. The first-order chi connectivity index (χ1) is 38.8. The fourth-order valence-electron chi connectivity index (χ4n) is 9.23. The average Bonchev–Trinajstić information content (AvgIpc) is 3.37. The second-order valence-corrected chi connectivity index (χ2v) is 22.5. The van der Waals surface area contributed by atoms with E-state index in [1.54, 1.807) is 47.5 Å². The largest absolute Gasteiger partial charge is 0.492 e. The van der Waals surface area contributed by atoms with Gasteiger partial charge < -0.3 is 69.2 Å². The first-order valence-corrected chi connectivity index (χ1v) is 27.6. The highest BCUT2D eigenvalue weighted by Gasteiger charge is 2.46. The fraction of sp³-hybridized carbons (Fsp3) is 0.357. The molecule has 21 nitrogen and oxygen atoms in total. The van der Waals surface area contributed by atoms with Crippen molar-refractivity contribution in [3.63, 3.8) is 0 Å². The highest BCUT2D eigenvalue weighted by molar-refractivity contribution is 7.89. The van der Waals surface area contributed by atoms with Crippen molar-refractivity contribution >= 4 is 72.5 Å². The van der Waals surface area contributed by atoms with Crippen LogP contribution in [0.4, 0.5) is 24.5 Å². The number of aromatic amines is 1. The number of sulfonamides is 1. The zero-order chi connectivity index (χ0) is 59.4. The number of aliphatic carboxylic acids is 1. The molecule has 0 radical (unpaired) electrons. The maximum absolute atomic E-state index is 14.6. The molecule has 0 bridgehead atoms. The summed E-state index contributed by atoms with van der Waals surface area (Å²) < 4.78 is 84.8. The number of carboxylic acid groups (broad SMARTS) is 1. The molecular formula is C56H61ClF3N7O14S. The molecule has 2 aliphatic rings. The number of likely N-dealkylation sites (N-methyl/N-ethyl adjacent to an activating group) is 1. The third-order valence-electron chi connectivity index (χ3n) is 13.7. The number of aromatic nitrogens is 2.